The predicted molar refractivity (Wildman–Crippen MR) is 70.6 cm³/mol. The molecule has 1 unspecified atom stereocenters. The van der Waals surface area contributed by atoms with Crippen LogP contribution in [-0.2, 0) is 20.1 Å². The third-order valence-electron chi connectivity index (χ3n) is 3.69. The van der Waals surface area contributed by atoms with E-state index in [2.05, 4.69) is 5.10 Å². The first-order valence-electron chi connectivity index (χ1n) is 6.48. The molecule has 2 aromatic rings. The molecule has 1 aliphatic rings. The third-order valence-corrected chi connectivity index (χ3v) is 3.69. The molecule has 0 spiro atoms. The van der Waals surface area contributed by atoms with E-state index in [1.165, 1.54) is 6.07 Å². The number of benzene rings is 1. The number of hydrogen-bond acceptors (Lipinski definition) is 3. The van der Waals surface area contributed by atoms with Crippen LogP contribution >= 0.6 is 0 Å². The molecule has 1 aliphatic heterocycles. The number of nitrogens with two attached hydrogens (primary N) is 1. The summed E-state index contributed by atoms with van der Waals surface area (Å²) in [6.07, 6.45) is 3.68. The number of aromatic nitrogens is 2. The Kier molecular flexibility index (Phi) is 3.27. The number of hydrogen-bond donors (Lipinski definition) is 1. The van der Waals surface area contributed by atoms with Crippen LogP contribution in [0, 0.1) is 11.6 Å². The van der Waals surface area contributed by atoms with Gasteiger partial charge in [0.1, 0.15) is 11.6 Å². The average Bonchev–Trinajstić information content (AvgIpc) is 2.93. The minimum absolute atomic E-state index is 0.217. The van der Waals surface area contributed by atoms with Crippen molar-refractivity contribution in [1.29, 1.82) is 0 Å². The second kappa shape index (κ2) is 4.96. The van der Waals surface area contributed by atoms with Crippen molar-refractivity contribution in [3.05, 3.63) is 52.9 Å². The topological polar surface area (TPSA) is 47.1 Å². The lowest BCUT2D eigenvalue weighted by molar-refractivity contribution is 0.208. The van der Waals surface area contributed by atoms with Gasteiger partial charge in [-0.3, -0.25) is 9.58 Å². The Balaban J connectivity index is 1.90. The molecule has 6 heteroatoms. The first kappa shape index (κ1) is 13.2. The second-order valence-corrected chi connectivity index (χ2v) is 5.14. The van der Waals surface area contributed by atoms with E-state index in [0.29, 0.717) is 30.8 Å². The van der Waals surface area contributed by atoms with E-state index in [9.17, 15) is 8.78 Å². The minimum atomic E-state index is -0.541. The maximum Gasteiger partial charge on any atom is 0.131 e. The summed E-state index contributed by atoms with van der Waals surface area (Å²) < 4.78 is 29.0. The lowest BCUT2D eigenvalue weighted by Gasteiger charge is -2.23. The average molecular weight is 278 g/mol. The van der Waals surface area contributed by atoms with E-state index < -0.39 is 11.6 Å². The molecule has 106 valence electrons. The summed E-state index contributed by atoms with van der Waals surface area (Å²) in [5.41, 5.74) is 8.02. The molecule has 0 fully saturated rings. The minimum Gasteiger partial charge on any atom is -0.329 e. The maximum atomic E-state index is 14.0. The fraction of sp³-hybridized carbons (Fsp3) is 0.357. The summed E-state index contributed by atoms with van der Waals surface area (Å²) in [6.45, 7) is 1.42. The van der Waals surface area contributed by atoms with Crippen LogP contribution in [0.1, 0.15) is 22.7 Å². The molecule has 20 heavy (non-hydrogen) atoms. The highest BCUT2D eigenvalue weighted by atomic mass is 19.1. The quantitative estimate of drug-likeness (QED) is 0.930. The Morgan fingerprint density at radius 1 is 1.40 bits per heavy atom. The summed E-state index contributed by atoms with van der Waals surface area (Å²) >= 11 is 0. The molecular weight excluding hydrogens is 262 g/mol. The molecule has 0 aliphatic carbocycles. The predicted octanol–water partition coefficient (Wildman–Crippen LogP) is 1.71. The van der Waals surface area contributed by atoms with Gasteiger partial charge in [0.25, 0.3) is 0 Å². The standard InChI is InChI=1S/C14H16F2N4/c1-19-6-9(5-18-19)7-20-8-10-2-11(15)3-12(16)14(10)13(20)4-17/h2-3,5-6,13H,4,7-8,17H2,1H3. The summed E-state index contributed by atoms with van der Waals surface area (Å²) in [6, 6.07) is 2.10. The Hall–Kier alpha value is -1.79. The monoisotopic (exact) mass is 278 g/mol. The summed E-state index contributed by atoms with van der Waals surface area (Å²) in [5, 5.41) is 4.12. The zero-order valence-corrected chi connectivity index (χ0v) is 11.2. The Bertz CT molecular complexity index is 638. The third kappa shape index (κ3) is 2.21. The highest BCUT2D eigenvalue weighted by molar-refractivity contribution is 5.36. The van der Waals surface area contributed by atoms with Gasteiger partial charge in [0.15, 0.2) is 0 Å². The molecule has 3 rings (SSSR count). The Morgan fingerprint density at radius 3 is 2.85 bits per heavy atom. The fourth-order valence-electron chi connectivity index (χ4n) is 2.87. The van der Waals surface area contributed by atoms with E-state index in [1.807, 2.05) is 18.1 Å². The van der Waals surface area contributed by atoms with Crippen molar-refractivity contribution in [3.8, 4) is 0 Å². The van der Waals surface area contributed by atoms with Gasteiger partial charge in [-0.05, 0) is 11.6 Å². The van der Waals surface area contributed by atoms with Gasteiger partial charge < -0.3 is 5.73 Å². The Labute approximate surface area is 115 Å². The highest BCUT2D eigenvalue weighted by Gasteiger charge is 2.32. The molecule has 1 aromatic heterocycles. The summed E-state index contributed by atoms with van der Waals surface area (Å²) in [7, 11) is 1.84. The summed E-state index contributed by atoms with van der Waals surface area (Å²) in [4.78, 5) is 2.05. The molecule has 2 N–H and O–H groups in total. The van der Waals surface area contributed by atoms with Crippen molar-refractivity contribution in [3.63, 3.8) is 0 Å². The molecule has 0 saturated carbocycles. The van der Waals surface area contributed by atoms with E-state index in [1.54, 1.807) is 10.9 Å². The highest BCUT2D eigenvalue weighted by Crippen LogP contribution is 2.36. The molecular formula is C14H16F2N4. The van der Waals surface area contributed by atoms with E-state index in [4.69, 9.17) is 5.73 Å². The van der Waals surface area contributed by atoms with Crippen molar-refractivity contribution >= 4 is 0 Å². The van der Waals surface area contributed by atoms with Gasteiger partial charge in [0.05, 0.1) is 12.2 Å². The van der Waals surface area contributed by atoms with Gasteiger partial charge in [0, 0.05) is 50.1 Å². The lowest BCUT2D eigenvalue weighted by Crippen LogP contribution is -2.27. The zero-order chi connectivity index (χ0) is 14.3. The number of fused-ring (bicyclic) bond motifs is 1. The van der Waals surface area contributed by atoms with Crippen LogP contribution in [0.3, 0.4) is 0 Å². The fourth-order valence-corrected chi connectivity index (χ4v) is 2.87. The van der Waals surface area contributed by atoms with Crippen molar-refractivity contribution in [2.75, 3.05) is 6.54 Å². The van der Waals surface area contributed by atoms with E-state index in [0.717, 1.165) is 11.6 Å². The molecule has 0 saturated heterocycles. The number of halogens is 2. The van der Waals surface area contributed by atoms with Gasteiger partial charge in [-0.2, -0.15) is 5.10 Å². The second-order valence-electron chi connectivity index (χ2n) is 5.14. The van der Waals surface area contributed by atoms with Crippen LogP contribution in [0.5, 0.6) is 0 Å². The molecule has 2 heterocycles. The summed E-state index contributed by atoms with van der Waals surface area (Å²) in [5.74, 6) is -1.05. The molecule has 1 atom stereocenters. The van der Waals surface area contributed by atoms with Crippen LogP contribution in [-0.4, -0.2) is 21.2 Å². The van der Waals surface area contributed by atoms with Crippen molar-refractivity contribution in [1.82, 2.24) is 14.7 Å². The van der Waals surface area contributed by atoms with Crippen LogP contribution in [0.4, 0.5) is 8.78 Å². The first-order chi connectivity index (χ1) is 9.58. The molecule has 1 aromatic carbocycles. The van der Waals surface area contributed by atoms with Gasteiger partial charge >= 0.3 is 0 Å². The van der Waals surface area contributed by atoms with Gasteiger partial charge in [-0.1, -0.05) is 0 Å². The van der Waals surface area contributed by atoms with Gasteiger partial charge in [-0.25, -0.2) is 8.78 Å². The number of aryl methyl sites for hydroxylation is 1. The van der Waals surface area contributed by atoms with E-state index in [-0.39, 0.29) is 6.04 Å². The van der Waals surface area contributed by atoms with Crippen LogP contribution in [0.2, 0.25) is 0 Å². The smallest absolute Gasteiger partial charge is 0.131 e. The normalized spacial score (nSPS) is 18.5. The molecule has 0 amide bonds. The zero-order valence-electron chi connectivity index (χ0n) is 11.2. The van der Waals surface area contributed by atoms with Crippen molar-refractivity contribution in [2.24, 2.45) is 12.8 Å². The Morgan fingerprint density at radius 2 is 2.20 bits per heavy atom. The SMILES string of the molecule is Cn1cc(CN2Cc3cc(F)cc(F)c3C2CN)cn1. The van der Waals surface area contributed by atoms with Crippen LogP contribution < -0.4 is 5.73 Å². The number of rotatable bonds is 3. The molecule has 0 bridgehead atoms. The van der Waals surface area contributed by atoms with Crippen LogP contribution in [0.25, 0.3) is 0 Å². The van der Waals surface area contributed by atoms with Crippen LogP contribution in [0.15, 0.2) is 24.5 Å². The maximum absolute atomic E-state index is 14.0. The van der Waals surface area contributed by atoms with Gasteiger partial charge in [-0.15, -0.1) is 0 Å². The van der Waals surface area contributed by atoms with E-state index >= 15 is 0 Å². The molecule has 4 nitrogen and oxygen atoms in total. The molecule has 0 radical (unpaired) electrons. The van der Waals surface area contributed by atoms with Gasteiger partial charge in [0.2, 0.25) is 0 Å². The number of nitrogens with zero attached hydrogens (tertiary/aromatic N) is 3. The lowest BCUT2D eigenvalue weighted by atomic mass is 10.0. The van der Waals surface area contributed by atoms with Crippen molar-refractivity contribution < 1.29 is 8.78 Å². The largest absolute Gasteiger partial charge is 0.329 e. The first-order valence-corrected chi connectivity index (χ1v) is 6.48. The van der Waals surface area contributed by atoms with Crippen molar-refractivity contribution in [2.45, 2.75) is 19.1 Å².